The number of hydrogen-bond acceptors (Lipinski definition) is 0. The zero-order valence-corrected chi connectivity index (χ0v) is 12.2. The SMILES string of the molecule is FC(F)(F)c1cccc([C+](c2ccccc2)c2ccccc2)c1. The number of benzene rings is 3. The Bertz CT molecular complexity index is 722. The monoisotopic (exact) mass is 311 g/mol. The smallest absolute Gasteiger partial charge is 0.166 e. The van der Waals surface area contributed by atoms with Crippen molar-refractivity contribution < 1.29 is 13.2 Å². The lowest BCUT2D eigenvalue weighted by Crippen LogP contribution is -2.09. The summed E-state index contributed by atoms with van der Waals surface area (Å²) in [6.45, 7) is 0. The lowest BCUT2D eigenvalue weighted by Gasteiger charge is -2.14. The third-order valence-electron chi connectivity index (χ3n) is 3.60. The molecule has 3 heteroatoms. The molecule has 0 aromatic heterocycles. The highest BCUT2D eigenvalue weighted by molar-refractivity contribution is 5.57. The van der Waals surface area contributed by atoms with Gasteiger partial charge in [0.1, 0.15) is 0 Å². The molecule has 0 atom stereocenters. The molecule has 3 aromatic carbocycles. The Morgan fingerprint density at radius 1 is 0.565 bits per heavy atom. The normalized spacial score (nSPS) is 11.3. The van der Waals surface area contributed by atoms with E-state index in [9.17, 15) is 13.2 Å². The van der Waals surface area contributed by atoms with Crippen molar-refractivity contribution in [2.24, 2.45) is 0 Å². The van der Waals surface area contributed by atoms with Crippen LogP contribution in [-0.2, 0) is 6.18 Å². The van der Waals surface area contributed by atoms with Gasteiger partial charge in [0.25, 0.3) is 0 Å². The van der Waals surface area contributed by atoms with Crippen LogP contribution in [0.5, 0.6) is 0 Å². The molecule has 0 aliphatic rings. The highest BCUT2D eigenvalue weighted by Gasteiger charge is 2.33. The summed E-state index contributed by atoms with van der Waals surface area (Å²) in [7, 11) is 0. The maximum absolute atomic E-state index is 13.0. The van der Waals surface area contributed by atoms with Crippen LogP contribution in [0, 0.1) is 5.92 Å². The summed E-state index contributed by atoms with van der Waals surface area (Å²) in [6.07, 6.45) is -4.35. The Morgan fingerprint density at radius 2 is 1.04 bits per heavy atom. The van der Waals surface area contributed by atoms with E-state index in [1.54, 1.807) is 6.07 Å². The van der Waals surface area contributed by atoms with Gasteiger partial charge in [0.15, 0.2) is 0 Å². The third-order valence-corrected chi connectivity index (χ3v) is 3.60. The van der Waals surface area contributed by atoms with Crippen LogP contribution in [-0.4, -0.2) is 0 Å². The highest BCUT2D eigenvalue weighted by Crippen LogP contribution is 2.35. The zero-order valence-electron chi connectivity index (χ0n) is 12.2. The predicted octanol–water partition coefficient (Wildman–Crippen LogP) is 5.72. The summed E-state index contributed by atoms with van der Waals surface area (Å²) >= 11 is 0. The van der Waals surface area contributed by atoms with Crippen LogP contribution in [0.3, 0.4) is 0 Å². The van der Waals surface area contributed by atoms with Gasteiger partial charge in [-0.15, -0.1) is 0 Å². The van der Waals surface area contributed by atoms with E-state index in [1.807, 2.05) is 60.7 Å². The van der Waals surface area contributed by atoms with Gasteiger partial charge in [0.05, 0.1) is 28.2 Å². The third kappa shape index (κ3) is 3.39. The summed E-state index contributed by atoms with van der Waals surface area (Å²) < 4.78 is 39.1. The fraction of sp³-hybridized carbons (Fsp3) is 0.0500. The van der Waals surface area contributed by atoms with Gasteiger partial charge in [0.2, 0.25) is 0 Å². The molecule has 0 radical (unpaired) electrons. The van der Waals surface area contributed by atoms with Crippen molar-refractivity contribution in [1.82, 2.24) is 0 Å². The second kappa shape index (κ2) is 6.21. The van der Waals surface area contributed by atoms with E-state index in [-0.39, 0.29) is 0 Å². The molecule has 0 aliphatic carbocycles. The van der Waals surface area contributed by atoms with Gasteiger partial charge in [-0.3, -0.25) is 0 Å². The van der Waals surface area contributed by atoms with E-state index in [0.29, 0.717) is 5.56 Å². The van der Waals surface area contributed by atoms with Gasteiger partial charge in [-0.2, -0.15) is 13.2 Å². The van der Waals surface area contributed by atoms with Crippen molar-refractivity contribution in [3.63, 3.8) is 0 Å². The maximum atomic E-state index is 13.0. The Morgan fingerprint density at radius 3 is 1.52 bits per heavy atom. The van der Waals surface area contributed by atoms with Crippen LogP contribution >= 0.6 is 0 Å². The minimum Gasteiger partial charge on any atom is -0.166 e. The first kappa shape index (κ1) is 15.2. The lowest BCUT2D eigenvalue weighted by molar-refractivity contribution is -0.137. The predicted molar refractivity (Wildman–Crippen MR) is 84.9 cm³/mol. The molecule has 0 aliphatic heterocycles. The van der Waals surface area contributed by atoms with Crippen LogP contribution in [0.25, 0.3) is 0 Å². The fourth-order valence-electron chi connectivity index (χ4n) is 2.56. The summed E-state index contributed by atoms with van der Waals surface area (Å²) in [5.74, 6) is 0.789. The number of rotatable bonds is 3. The van der Waals surface area contributed by atoms with Crippen molar-refractivity contribution in [1.29, 1.82) is 0 Å². The fourth-order valence-corrected chi connectivity index (χ4v) is 2.56. The van der Waals surface area contributed by atoms with Gasteiger partial charge in [-0.05, 0) is 66.7 Å². The van der Waals surface area contributed by atoms with Crippen LogP contribution < -0.4 is 0 Å². The van der Waals surface area contributed by atoms with E-state index >= 15 is 0 Å². The summed E-state index contributed by atoms with van der Waals surface area (Å²) in [4.78, 5) is 0. The van der Waals surface area contributed by atoms with E-state index in [4.69, 9.17) is 0 Å². The molecule has 0 saturated carbocycles. The minimum atomic E-state index is -4.35. The Kier molecular flexibility index (Phi) is 4.11. The quantitative estimate of drug-likeness (QED) is 0.428. The van der Waals surface area contributed by atoms with Crippen LogP contribution in [0.15, 0.2) is 84.9 Å². The topological polar surface area (TPSA) is 0 Å². The van der Waals surface area contributed by atoms with Crippen molar-refractivity contribution in [2.45, 2.75) is 6.18 Å². The minimum absolute atomic E-state index is 0.553. The Balaban J connectivity index is 2.14. The van der Waals surface area contributed by atoms with Crippen molar-refractivity contribution in [3.8, 4) is 0 Å². The molecule has 0 nitrogen and oxygen atoms in total. The van der Waals surface area contributed by atoms with E-state index in [0.717, 1.165) is 23.1 Å². The van der Waals surface area contributed by atoms with Crippen LogP contribution in [0.4, 0.5) is 13.2 Å². The van der Waals surface area contributed by atoms with Gasteiger partial charge in [-0.25, -0.2) is 0 Å². The summed E-state index contributed by atoms with van der Waals surface area (Å²) in [5, 5.41) is 0. The molecular formula is C20H14F3+. The lowest BCUT2D eigenvalue weighted by atomic mass is 9.84. The molecule has 3 rings (SSSR count). The van der Waals surface area contributed by atoms with E-state index in [1.165, 1.54) is 12.1 Å². The Labute approximate surface area is 133 Å². The molecule has 0 fully saturated rings. The molecule has 0 N–H and O–H groups in total. The first-order valence-electron chi connectivity index (χ1n) is 7.21. The average molecular weight is 311 g/mol. The molecule has 0 spiro atoms. The van der Waals surface area contributed by atoms with Crippen molar-refractivity contribution in [2.75, 3.05) is 0 Å². The molecule has 3 aromatic rings. The zero-order chi connectivity index (χ0) is 16.3. The molecule has 0 bridgehead atoms. The molecular weight excluding hydrogens is 297 g/mol. The second-order valence-corrected chi connectivity index (χ2v) is 5.19. The van der Waals surface area contributed by atoms with Gasteiger partial charge < -0.3 is 0 Å². The van der Waals surface area contributed by atoms with Crippen LogP contribution in [0.2, 0.25) is 0 Å². The van der Waals surface area contributed by atoms with Gasteiger partial charge in [0, 0.05) is 6.07 Å². The largest absolute Gasteiger partial charge is 0.421 e. The van der Waals surface area contributed by atoms with Crippen molar-refractivity contribution in [3.05, 3.63) is 113 Å². The molecule has 23 heavy (non-hydrogen) atoms. The maximum Gasteiger partial charge on any atom is 0.421 e. The molecule has 114 valence electrons. The first-order chi connectivity index (χ1) is 11.1. The molecule has 0 heterocycles. The highest BCUT2D eigenvalue weighted by atomic mass is 19.4. The molecule has 0 amide bonds. The Hall–Kier alpha value is -2.68. The number of alkyl halides is 3. The van der Waals surface area contributed by atoms with Gasteiger partial charge in [-0.1, -0.05) is 12.1 Å². The molecule has 0 unspecified atom stereocenters. The van der Waals surface area contributed by atoms with E-state index in [2.05, 4.69) is 0 Å². The second-order valence-electron chi connectivity index (χ2n) is 5.19. The summed E-state index contributed by atoms with van der Waals surface area (Å²) in [5.41, 5.74) is 1.69. The van der Waals surface area contributed by atoms with E-state index < -0.39 is 11.7 Å². The van der Waals surface area contributed by atoms with Crippen LogP contribution in [0.1, 0.15) is 22.3 Å². The standard InChI is InChI=1S/C20H14F3/c21-20(22,23)18-13-7-12-17(14-18)19(15-8-3-1-4-9-15)16-10-5-2-6-11-16/h1-14H/q+1. The van der Waals surface area contributed by atoms with Gasteiger partial charge >= 0.3 is 6.18 Å². The van der Waals surface area contributed by atoms with Crippen molar-refractivity contribution >= 4 is 0 Å². The first-order valence-corrected chi connectivity index (χ1v) is 7.21. The number of hydrogen-bond donors (Lipinski definition) is 0. The average Bonchev–Trinajstić information content (AvgIpc) is 2.57. The molecule has 0 saturated heterocycles. The summed E-state index contributed by atoms with van der Waals surface area (Å²) in [6, 6.07) is 24.4. The number of halogens is 3.